The molecule has 1 aliphatic heterocycles. The van der Waals surface area contributed by atoms with E-state index in [1.807, 2.05) is 4.90 Å². The van der Waals surface area contributed by atoms with Gasteiger partial charge < -0.3 is 20.1 Å². The number of aliphatic hydroxyl groups excluding tert-OH is 1. The summed E-state index contributed by atoms with van der Waals surface area (Å²) >= 11 is 4.73. The van der Waals surface area contributed by atoms with Gasteiger partial charge in [0.05, 0.1) is 12.3 Å². The summed E-state index contributed by atoms with van der Waals surface area (Å²) in [5.41, 5.74) is -2.05. The number of aromatic nitrogens is 2. The fourth-order valence-electron chi connectivity index (χ4n) is 3.52. The fraction of sp³-hybridized carbons (Fsp3) is 0.238. The lowest BCUT2D eigenvalue weighted by molar-refractivity contribution is -0.0964. The lowest BCUT2D eigenvalue weighted by Crippen LogP contribution is -2.22. The number of halogens is 4. The number of aromatic amines is 1. The van der Waals surface area contributed by atoms with Crippen LogP contribution >= 0.6 is 11.6 Å². The smallest absolute Gasteiger partial charge is 0.420 e. The van der Waals surface area contributed by atoms with Crippen LogP contribution in [-0.4, -0.2) is 46.0 Å². The van der Waals surface area contributed by atoms with Crippen LogP contribution in [0.2, 0.25) is 0 Å². The van der Waals surface area contributed by atoms with Crippen molar-refractivity contribution in [2.24, 2.45) is 0 Å². The number of amides is 1. The highest BCUT2D eigenvalue weighted by Gasteiger charge is 2.28. The third kappa shape index (κ3) is 4.97. The van der Waals surface area contributed by atoms with E-state index in [0.29, 0.717) is 36.4 Å². The quantitative estimate of drug-likeness (QED) is 0.473. The van der Waals surface area contributed by atoms with Gasteiger partial charge in [0, 0.05) is 47.2 Å². The number of H-pyrrole nitrogens is 1. The van der Waals surface area contributed by atoms with Crippen molar-refractivity contribution in [2.75, 3.05) is 23.3 Å². The van der Waals surface area contributed by atoms with Gasteiger partial charge >= 0.3 is 5.57 Å². The molecule has 7 nitrogen and oxygen atoms in total. The van der Waals surface area contributed by atoms with E-state index < -0.39 is 23.4 Å². The van der Waals surface area contributed by atoms with Crippen LogP contribution in [0.4, 0.5) is 24.5 Å². The van der Waals surface area contributed by atoms with Crippen LogP contribution < -0.4 is 15.0 Å². The van der Waals surface area contributed by atoms with Crippen LogP contribution in [0.3, 0.4) is 0 Å². The first-order chi connectivity index (χ1) is 15.2. The highest BCUT2D eigenvalue weighted by molar-refractivity contribution is 6.20. The number of rotatable bonds is 6. The first kappa shape index (κ1) is 22.0. The number of carbonyl (C=O) groups is 1. The predicted octanol–water partition coefficient (Wildman–Crippen LogP) is 4.21. The van der Waals surface area contributed by atoms with E-state index in [0.717, 1.165) is 6.20 Å². The van der Waals surface area contributed by atoms with Crippen LogP contribution in [0, 0.1) is 5.82 Å². The maximum Gasteiger partial charge on any atom is 0.487 e. The molecule has 0 bridgehead atoms. The number of nitrogens with zero attached hydrogens (tertiary/aromatic N) is 2. The van der Waals surface area contributed by atoms with Crippen molar-refractivity contribution in [3.05, 3.63) is 60.0 Å². The van der Waals surface area contributed by atoms with Gasteiger partial charge in [-0.1, -0.05) is 0 Å². The first-order valence-electron chi connectivity index (χ1n) is 9.63. The topological polar surface area (TPSA) is 90.5 Å². The van der Waals surface area contributed by atoms with Crippen LogP contribution in [0.1, 0.15) is 16.8 Å². The minimum Gasteiger partial charge on any atom is -0.420 e. The standard InChI is InChI=1S/C21H18ClF3N4O3/c22-21(24,25)32-15-4-2-13(3-5-15)27-20(31)12-1-6-18(29-8-7-14(30)11-29)16(9-12)19-17(23)10-26-28-19/h1-6,9-10,14,30H,7-8,11H2,(H,26,28)(H,27,31)/t14-/m1/s1. The summed E-state index contributed by atoms with van der Waals surface area (Å²) in [6.45, 7) is 0.981. The molecular formula is C21H18ClF3N4O3. The minimum absolute atomic E-state index is 0.125. The summed E-state index contributed by atoms with van der Waals surface area (Å²) in [4.78, 5) is 14.7. The molecule has 0 saturated carbocycles. The van der Waals surface area contributed by atoms with E-state index in [1.54, 1.807) is 12.1 Å². The maximum absolute atomic E-state index is 14.3. The molecule has 1 aliphatic rings. The maximum atomic E-state index is 14.3. The monoisotopic (exact) mass is 466 g/mol. The van der Waals surface area contributed by atoms with Crippen molar-refractivity contribution in [3.63, 3.8) is 0 Å². The normalized spacial score (nSPS) is 16.3. The fourth-order valence-corrected chi connectivity index (χ4v) is 3.61. The molecule has 0 unspecified atom stereocenters. The molecule has 0 radical (unpaired) electrons. The molecule has 1 amide bonds. The number of ether oxygens (including phenoxy) is 1. The van der Waals surface area contributed by atoms with E-state index in [2.05, 4.69) is 20.3 Å². The Morgan fingerprint density at radius 3 is 2.62 bits per heavy atom. The summed E-state index contributed by atoms with van der Waals surface area (Å²) in [6.07, 6.45) is 1.14. The molecule has 32 heavy (non-hydrogen) atoms. The number of hydrogen-bond acceptors (Lipinski definition) is 5. The SMILES string of the molecule is O=C(Nc1ccc(OC(F)(F)Cl)cc1)c1ccc(N2CC[C@@H](O)C2)c(-c2[nH]ncc2F)c1. The number of carbonyl (C=O) groups excluding carboxylic acids is 1. The Morgan fingerprint density at radius 2 is 2.03 bits per heavy atom. The van der Waals surface area contributed by atoms with Crippen LogP contribution in [-0.2, 0) is 0 Å². The highest BCUT2D eigenvalue weighted by atomic mass is 35.5. The van der Waals surface area contributed by atoms with Crippen LogP contribution in [0.15, 0.2) is 48.7 Å². The van der Waals surface area contributed by atoms with E-state index in [4.69, 9.17) is 11.6 Å². The Morgan fingerprint density at radius 1 is 1.28 bits per heavy atom. The lowest BCUT2D eigenvalue weighted by atomic mass is 10.0. The molecule has 1 fully saturated rings. The minimum atomic E-state index is -3.84. The zero-order valence-corrected chi connectivity index (χ0v) is 17.2. The third-order valence-electron chi connectivity index (χ3n) is 4.97. The lowest BCUT2D eigenvalue weighted by Gasteiger charge is -2.22. The summed E-state index contributed by atoms with van der Waals surface area (Å²) in [5, 5.41) is 18.8. The number of β-amino-alcohol motifs (C(OH)–C–C–N with tert-alkyl or cyclic N) is 1. The Balaban J connectivity index is 1.58. The van der Waals surface area contributed by atoms with E-state index in [-0.39, 0.29) is 17.0 Å². The molecule has 2 heterocycles. The van der Waals surface area contributed by atoms with E-state index >= 15 is 0 Å². The van der Waals surface area contributed by atoms with Gasteiger partial charge in [-0.15, -0.1) is 8.78 Å². The molecule has 1 aromatic heterocycles. The number of benzene rings is 2. The largest absolute Gasteiger partial charge is 0.487 e. The average Bonchev–Trinajstić information content (AvgIpc) is 3.36. The molecule has 3 N–H and O–H groups in total. The van der Waals surface area contributed by atoms with Gasteiger partial charge in [-0.05, 0) is 48.9 Å². The Kier molecular flexibility index (Phi) is 5.98. The molecule has 0 aliphatic carbocycles. The molecule has 1 saturated heterocycles. The van der Waals surface area contributed by atoms with Crippen molar-refractivity contribution in [1.29, 1.82) is 0 Å². The van der Waals surface area contributed by atoms with Crippen LogP contribution in [0.5, 0.6) is 5.75 Å². The molecule has 0 spiro atoms. The molecule has 1 atom stereocenters. The predicted molar refractivity (Wildman–Crippen MR) is 113 cm³/mol. The van der Waals surface area contributed by atoms with Crippen molar-refractivity contribution in [1.82, 2.24) is 10.2 Å². The number of aliphatic hydroxyl groups is 1. The van der Waals surface area contributed by atoms with Gasteiger partial charge in [0.25, 0.3) is 5.91 Å². The Hall–Kier alpha value is -3.24. The van der Waals surface area contributed by atoms with Crippen molar-refractivity contribution < 1.29 is 27.8 Å². The van der Waals surface area contributed by atoms with Crippen molar-refractivity contribution >= 4 is 28.9 Å². The second-order valence-corrected chi connectivity index (χ2v) is 7.68. The van der Waals surface area contributed by atoms with Crippen molar-refractivity contribution in [3.8, 4) is 17.0 Å². The molecule has 11 heteroatoms. The highest BCUT2D eigenvalue weighted by Crippen LogP contribution is 2.34. The number of hydrogen-bond donors (Lipinski definition) is 3. The molecular weight excluding hydrogens is 449 g/mol. The van der Waals surface area contributed by atoms with Gasteiger partial charge in [0.2, 0.25) is 0 Å². The number of nitrogens with one attached hydrogen (secondary N) is 2. The molecule has 168 valence electrons. The summed E-state index contributed by atoms with van der Waals surface area (Å²) in [6, 6.07) is 10.0. The summed E-state index contributed by atoms with van der Waals surface area (Å²) < 4.78 is 43.9. The van der Waals surface area contributed by atoms with Gasteiger partial charge in [-0.3, -0.25) is 9.89 Å². The second-order valence-electron chi connectivity index (χ2n) is 7.24. The van der Waals surface area contributed by atoms with Crippen molar-refractivity contribution in [2.45, 2.75) is 18.1 Å². The van der Waals surface area contributed by atoms with Crippen LogP contribution in [0.25, 0.3) is 11.3 Å². The zero-order valence-electron chi connectivity index (χ0n) is 16.5. The van der Waals surface area contributed by atoms with Gasteiger partial charge in [-0.25, -0.2) is 4.39 Å². The summed E-state index contributed by atoms with van der Waals surface area (Å²) in [7, 11) is 0. The number of alkyl halides is 3. The van der Waals surface area contributed by atoms with Gasteiger partial charge in [-0.2, -0.15) is 5.10 Å². The number of anilines is 2. The second kappa shape index (κ2) is 8.71. The van der Waals surface area contributed by atoms with Gasteiger partial charge in [0.15, 0.2) is 5.82 Å². The Bertz CT molecular complexity index is 1120. The molecule has 4 rings (SSSR count). The van der Waals surface area contributed by atoms with E-state index in [9.17, 15) is 23.1 Å². The average molecular weight is 467 g/mol. The zero-order chi connectivity index (χ0) is 22.9. The first-order valence-corrected chi connectivity index (χ1v) is 10.0. The third-order valence-corrected chi connectivity index (χ3v) is 5.05. The van der Waals surface area contributed by atoms with E-state index in [1.165, 1.54) is 30.3 Å². The summed E-state index contributed by atoms with van der Waals surface area (Å²) in [5.74, 6) is -1.23. The van der Waals surface area contributed by atoms with Gasteiger partial charge in [0.1, 0.15) is 11.4 Å². The molecule has 3 aromatic rings. The molecule has 2 aromatic carbocycles. The Labute approximate surface area is 185 Å².